The quantitative estimate of drug-likeness (QED) is 0.732. The van der Waals surface area contributed by atoms with Gasteiger partial charge in [-0.15, -0.1) is 0 Å². The van der Waals surface area contributed by atoms with E-state index in [4.69, 9.17) is 5.26 Å². The molecule has 0 aliphatic rings. The lowest BCUT2D eigenvalue weighted by Crippen LogP contribution is -2.31. The van der Waals surface area contributed by atoms with E-state index < -0.39 is 0 Å². The Kier molecular flexibility index (Phi) is 3.67. The summed E-state index contributed by atoms with van der Waals surface area (Å²) in [6, 6.07) is 15.9. The number of nitrogens with zero attached hydrogens (tertiary/aromatic N) is 2. The molecule has 82 valence electrons. The van der Waals surface area contributed by atoms with Crippen LogP contribution in [-0.2, 0) is 6.54 Å². The van der Waals surface area contributed by atoms with Gasteiger partial charge >= 0.3 is 0 Å². The van der Waals surface area contributed by atoms with Crippen LogP contribution in [0.25, 0.3) is 6.08 Å². The van der Waals surface area contributed by atoms with Crippen molar-refractivity contribution in [2.75, 3.05) is 0 Å². The minimum Gasteiger partial charge on any atom is -0.201 e. The molecule has 0 amide bonds. The summed E-state index contributed by atoms with van der Waals surface area (Å²) in [6.07, 6.45) is 8.01. The van der Waals surface area contributed by atoms with Crippen LogP contribution in [0.3, 0.4) is 0 Å². The number of aromatic nitrogens is 1. The second kappa shape index (κ2) is 5.62. The second-order valence-electron chi connectivity index (χ2n) is 3.71. The maximum Gasteiger partial charge on any atom is 0.170 e. The zero-order chi connectivity index (χ0) is 11.9. The maximum absolute atomic E-state index is 8.68. The Morgan fingerprint density at radius 3 is 2.41 bits per heavy atom. The van der Waals surface area contributed by atoms with Crippen LogP contribution in [0.1, 0.15) is 11.1 Å². The van der Waals surface area contributed by atoms with E-state index in [1.165, 1.54) is 5.56 Å². The van der Waals surface area contributed by atoms with Crippen molar-refractivity contribution >= 4 is 6.08 Å². The van der Waals surface area contributed by atoms with Crippen molar-refractivity contribution in [1.82, 2.24) is 0 Å². The summed E-state index contributed by atoms with van der Waals surface area (Å²) in [7, 11) is 0. The summed E-state index contributed by atoms with van der Waals surface area (Å²) in [5, 5.41) is 8.68. The van der Waals surface area contributed by atoms with E-state index in [2.05, 4.69) is 30.4 Å². The fourth-order valence-electron chi connectivity index (χ4n) is 1.53. The number of pyridine rings is 1. The molecular weight excluding hydrogens is 208 g/mol. The van der Waals surface area contributed by atoms with Gasteiger partial charge in [-0.2, -0.15) is 5.26 Å². The van der Waals surface area contributed by atoms with Crippen molar-refractivity contribution in [1.29, 1.82) is 5.26 Å². The molecule has 0 saturated heterocycles. The Bertz CT molecular complexity index is 533. The largest absolute Gasteiger partial charge is 0.201 e. The second-order valence-corrected chi connectivity index (χ2v) is 3.71. The van der Waals surface area contributed by atoms with Gasteiger partial charge in [0.1, 0.15) is 0 Å². The zero-order valence-electron chi connectivity index (χ0n) is 9.45. The number of hydrogen-bond donors (Lipinski definition) is 0. The molecule has 0 unspecified atom stereocenters. The predicted octanol–water partition coefficient (Wildman–Crippen LogP) is 2.56. The summed E-state index contributed by atoms with van der Waals surface area (Å²) in [6.45, 7) is 0.806. The molecule has 0 N–H and O–H groups in total. The average Bonchev–Trinajstić information content (AvgIpc) is 2.41. The van der Waals surface area contributed by atoms with E-state index in [1.54, 1.807) is 0 Å². The van der Waals surface area contributed by atoms with Crippen molar-refractivity contribution in [2.24, 2.45) is 0 Å². The Labute approximate surface area is 101 Å². The number of hydrogen-bond acceptors (Lipinski definition) is 1. The number of allylic oxidation sites excluding steroid dienone is 1. The molecule has 1 aromatic carbocycles. The van der Waals surface area contributed by atoms with Gasteiger partial charge in [-0.25, -0.2) is 4.57 Å². The van der Waals surface area contributed by atoms with E-state index in [1.807, 2.05) is 47.3 Å². The van der Waals surface area contributed by atoms with Crippen LogP contribution in [-0.4, -0.2) is 0 Å². The van der Waals surface area contributed by atoms with Crippen molar-refractivity contribution in [3.8, 4) is 6.07 Å². The van der Waals surface area contributed by atoms with Gasteiger partial charge < -0.3 is 0 Å². The number of rotatable bonds is 3. The third kappa shape index (κ3) is 3.29. The molecule has 0 fully saturated rings. The molecule has 0 bridgehead atoms. The van der Waals surface area contributed by atoms with E-state index in [-0.39, 0.29) is 0 Å². The van der Waals surface area contributed by atoms with Crippen molar-refractivity contribution in [2.45, 2.75) is 6.54 Å². The molecule has 0 aliphatic carbocycles. The maximum atomic E-state index is 8.68. The Hall–Kier alpha value is -2.40. The van der Waals surface area contributed by atoms with Crippen molar-refractivity contribution in [3.05, 3.63) is 72.1 Å². The molecule has 0 atom stereocenters. The van der Waals surface area contributed by atoms with E-state index >= 15 is 0 Å². The highest BCUT2D eigenvalue weighted by Crippen LogP contribution is 2.00. The van der Waals surface area contributed by atoms with Crippen LogP contribution in [0.4, 0.5) is 0 Å². The number of nitriles is 1. The molecule has 2 heteroatoms. The lowest BCUT2D eigenvalue weighted by atomic mass is 10.2. The van der Waals surface area contributed by atoms with Crippen LogP contribution in [0.5, 0.6) is 0 Å². The summed E-state index contributed by atoms with van der Waals surface area (Å²) < 4.78 is 2.03. The van der Waals surface area contributed by atoms with Crippen LogP contribution in [0, 0.1) is 11.3 Å². The lowest BCUT2D eigenvalue weighted by Gasteiger charge is -1.92. The lowest BCUT2D eigenvalue weighted by molar-refractivity contribution is -0.686. The monoisotopic (exact) mass is 221 g/mol. The standard InChI is InChI=1S/C15H13N2/c16-13-15-8-11-17(12-9-15)10-4-7-14-5-2-1-3-6-14/h1-9,11-12H,10H2/q+1/b7-4+. The minimum absolute atomic E-state index is 0.688. The fourth-order valence-corrected chi connectivity index (χ4v) is 1.53. The highest BCUT2D eigenvalue weighted by Gasteiger charge is 1.96. The summed E-state index contributed by atoms with van der Waals surface area (Å²) >= 11 is 0. The Balaban J connectivity index is 1.98. The van der Waals surface area contributed by atoms with Crippen LogP contribution >= 0.6 is 0 Å². The zero-order valence-corrected chi connectivity index (χ0v) is 9.45. The molecule has 0 spiro atoms. The summed E-state index contributed by atoms with van der Waals surface area (Å²) in [4.78, 5) is 0. The third-order valence-corrected chi connectivity index (χ3v) is 2.45. The smallest absolute Gasteiger partial charge is 0.170 e. The van der Waals surface area contributed by atoms with Gasteiger partial charge in [0.25, 0.3) is 0 Å². The van der Waals surface area contributed by atoms with Gasteiger partial charge in [-0.1, -0.05) is 36.4 Å². The van der Waals surface area contributed by atoms with Gasteiger partial charge in [-0.3, -0.25) is 0 Å². The summed E-state index contributed by atoms with van der Waals surface area (Å²) in [5.41, 5.74) is 1.88. The number of benzene rings is 1. The Morgan fingerprint density at radius 2 is 1.76 bits per heavy atom. The van der Waals surface area contributed by atoms with Gasteiger partial charge in [0.15, 0.2) is 18.9 Å². The van der Waals surface area contributed by atoms with E-state index in [0.29, 0.717) is 5.56 Å². The van der Waals surface area contributed by atoms with Gasteiger partial charge in [0, 0.05) is 12.1 Å². The molecule has 17 heavy (non-hydrogen) atoms. The average molecular weight is 221 g/mol. The molecule has 0 saturated carbocycles. The first-order chi connectivity index (χ1) is 8.38. The fraction of sp³-hybridized carbons (Fsp3) is 0.0667. The highest BCUT2D eigenvalue weighted by molar-refractivity contribution is 5.48. The predicted molar refractivity (Wildman–Crippen MR) is 66.8 cm³/mol. The first-order valence-electron chi connectivity index (χ1n) is 5.49. The van der Waals surface area contributed by atoms with Crippen LogP contribution < -0.4 is 4.57 Å². The van der Waals surface area contributed by atoms with Crippen molar-refractivity contribution < 1.29 is 4.57 Å². The van der Waals surface area contributed by atoms with Crippen molar-refractivity contribution in [3.63, 3.8) is 0 Å². The third-order valence-electron chi connectivity index (χ3n) is 2.45. The molecule has 1 heterocycles. The van der Waals surface area contributed by atoms with E-state index in [0.717, 1.165) is 6.54 Å². The normalized spacial score (nSPS) is 10.3. The first-order valence-corrected chi connectivity index (χ1v) is 5.49. The van der Waals surface area contributed by atoms with Gasteiger partial charge in [-0.05, 0) is 11.6 Å². The molecule has 2 nitrogen and oxygen atoms in total. The van der Waals surface area contributed by atoms with Gasteiger partial charge in [0.2, 0.25) is 0 Å². The molecule has 2 rings (SSSR count). The first kappa shape index (κ1) is 11.1. The highest BCUT2D eigenvalue weighted by atomic mass is 14.9. The van der Waals surface area contributed by atoms with Crippen LogP contribution in [0.2, 0.25) is 0 Å². The molecule has 0 radical (unpaired) electrons. The minimum atomic E-state index is 0.688. The van der Waals surface area contributed by atoms with Crippen LogP contribution in [0.15, 0.2) is 60.9 Å². The van der Waals surface area contributed by atoms with Gasteiger partial charge in [0.05, 0.1) is 11.6 Å². The van der Waals surface area contributed by atoms with E-state index in [9.17, 15) is 0 Å². The SMILES string of the molecule is N#Cc1cc[n+](C/C=C/c2ccccc2)cc1. The molecule has 0 aliphatic heterocycles. The summed E-state index contributed by atoms with van der Waals surface area (Å²) in [5.74, 6) is 0. The molecule has 2 aromatic rings. The topological polar surface area (TPSA) is 27.7 Å². The molecular formula is C15H13N2+. The Morgan fingerprint density at radius 1 is 1.06 bits per heavy atom. The molecule has 1 aromatic heterocycles.